The largest absolute Gasteiger partial charge is 0.428 e. The lowest BCUT2D eigenvalue weighted by Gasteiger charge is -2.19. The first kappa shape index (κ1) is 14.0. The third-order valence-electron chi connectivity index (χ3n) is 2.98. The van der Waals surface area contributed by atoms with Gasteiger partial charge in [0.1, 0.15) is 16.6 Å². The lowest BCUT2D eigenvalue weighted by atomic mass is 10.0. The van der Waals surface area contributed by atoms with Crippen LogP contribution in [0.15, 0.2) is 60.7 Å². The fourth-order valence-electron chi connectivity index (χ4n) is 2.05. The summed E-state index contributed by atoms with van der Waals surface area (Å²) in [5.74, 6) is 0. The van der Waals surface area contributed by atoms with Gasteiger partial charge in [0.2, 0.25) is 0 Å². The van der Waals surface area contributed by atoms with Crippen molar-refractivity contribution in [1.29, 1.82) is 0 Å². The number of rotatable bonds is 7. The molecule has 0 spiro atoms. The van der Waals surface area contributed by atoms with Crippen molar-refractivity contribution in [1.82, 2.24) is 0 Å². The third kappa shape index (κ3) is 4.31. The number of ether oxygens (including phenoxy) is 1. The summed E-state index contributed by atoms with van der Waals surface area (Å²) in [4.78, 5) is 0. The van der Waals surface area contributed by atoms with E-state index in [1.54, 1.807) is 0 Å². The third-order valence-corrected chi connectivity index (χ3v) is 3.39. The van der Waals surface area contributed by atoms with Gasteiger partial charge in [-0.15, -0.1) is 0 Å². The van der Waals surface area contributed by atoms with Crippen LogP contribution in [0.4, 0.5) is 0 Å². The van der Waals surface area contributed by atoms with Gasteiger partial charge in [0.05, 0.1) is 6.61 Å². The molecule has 0 aromatic heterocycles. The number of hydrogen-bond donors (Lipinski definition) is 0. The van der Waals surface area contributed by atoms with Crippen LogP contribution in [0.5, 0.6) is 0 Å². The Morgan fingerprint density at radius 2 is 1.32 bits per heavy atom. The van der Waals surface area contributed by atoms with Gasteiger partial charge in [-0.1, -0.05) is 60.7 Å². The summed E-state index contributed by atoms with van der Waals surface area (Å²) in [5, 5.41) is 0. The molecule has 0 aliphatic heterocycles. The SMILES string of the molecule is [SiH3]OCCCOC(c1ccccc1)c1ccccc1. The summed E-state index contributed by atoms with van der Waals surface area (Å²) in [6.07, 6.45) is 0.955. The van der Waals surface area contributed by atoms with Crippen molar-refractivity contribution in [2.75, 3.05) is 13.2 Å². The molecule has 0 heterocycles. The Balaban J connectivity index is 2.10. The molecule has 0 bridgehead atoms. The molecule has 0 N–H and O–H groups in total. The van der Waals surface area contributed by atoms with Gasteiger partial charge < -0.3 is 9.16 Å². The molecule has 3 heteroatoms. The van der Waals surface area contributed by atoms with E-state index in [9.17, 15) is 0 Å². The molecule has 100 valence electrons. The minimum Gasteiger partial charge on any atom is -0.428 e. The maximum Gasteiger partial charge on any atom is 0.145 e. The smallest absolute Gasteiger partial charge is 0.145 e. The van der Waals surface area contributed by atoms with Gasteiger partial charge in [0.25, 0.3) is 0 Å². The first-order chi connectivity index (χ1) is 9.42. The molecule has 2 aromatic carbocycles. The highest BCUT2D eigenvalue weighted by molar-refractivity contribution is 5.97. The molecular formula is C16H20O2Si. The molecule has 0 radical (unpaired) electrons. The summed E-state index contributed by atoms with van der Waals surface area (Å²) in [6.45, 7) is 1.51. The molecule has 0 aliphatic carbocycles. The topological polar surface area (TPSA) is 18.5 Å². The minimum atomic E-state index is 0.0106. The van der Waals surface area contributed by atoms with E-state index in [-0.39, 0.29) is 6.10 Å². The summed E-state index contributed by atoms with van der Waals surface area (Å²) >= 11 is 0. The maximum atomic E-state index is 6.05. The van der Waals surface area contributed by atoms with Gasteiger partial charge in [-0.25, -0.2) is 0 Å². The second-order valence-corrected chi connectivity index (χ2v) is 5.00. The van der Waals surface area contributed by atoms with Crippen molar-refractivity contribution in [3.8, 4) is 0 Å². The Hall–Kier alpha value is -1.42. The van der Waals surface area contributed by atoms with Gasteiger partial charge in [-0.3, -0.25) is 0 Å². The van der Waals surface area contributed by atoms with Gasteiger partial charge >= 0.3 is 0 Å². The van der Waals surface area contributed by atoms with E-state index in [1.807, 2.05) is 12.1 Å². The fourth-order valence-corrected chi connectivity index (χ4v) is 2.33. The quantitative estimate of drug-likeness (QED) is 0.569. The molecule has 0 amide bonds. The number of hydrogen-bond acceptors (Lipinski definition) is 2. The zero-order valence-corrected chi connectivity index (χ0v) is 13.3. The van der Waals surface area contributed by atoms with E-state index in [0.29, 0.717) is 0 Å². The average Bonchev–Trinajstić information content (AvgIpc) is 2.49. The van der Waals surface area contributed by atoms with Crippen molar-refractivity contribution >= 4 is 10.5 Å². The van der Waals surface area contributed by atoms with Crippen molar-refractivity contribution in [2.45, 2.75) is 12.5 Å². The van der Waals surface area contributed by atoms with Crippen LogP contribution in [0.1, 0.15) is 23.7 Å². The summed E-state index contributed by atoms with van der Waals surface area (Å²) in [7, 11) is 0.798. The van der Waals surface area contributed by atoms with Crippen LogP contribution in [0.25, 0.3) is 0 Å². The van der Waals surface area contributed by atoms with Crippen LogP contribution < -0.4 is 0 Å². The highest BCUT2D eigenvalue weighted by atomic mass is 28.2. The summed E-state index contributed by atoms with van der Waals surface area (Å²) < 4.78 is 11.2. The van der Waals surface area contributed by atoms with Crippen molar-refractivity contribution in [3.05, 3.63) is 71.8 Å². The van der Waals surface area contributed by atoms with Crippen molar-refractivity contribution in [3.63, 3.8) is 0 Å². The number of benzene rings is 2. The average molecular weight is 272 g/mol. The highest BCUT2D eigenvalue weighted by Crippen LogP contribution is 2.25. The first-order valence-electron chi connectivity index (χ1n) is 6.62. The van der Waals surface area contributed by atoms with Crippen LogP contribution in [-0.2, 0) is 9.16 Å². The fraction of sp³-hybridized carbons (Fsp3) is 0.250. The molecule has 2 nitrogen and oxygen atoms in total. The minimum absolute atomic E-state index is 0.0106. The second-order valence-electron chi connectivity index (χ2n) is 4.42. The predicted octanol–water partition coefficient (Wildman–Crippen LogP) is 2.48. The molecule has 0 aliphatic rings. The van der Waals surface area contributed by atoms with Crippen LogP contribution in [0.3, 0.4) is 0 Å². The van der Waals surface area contributed by atoms with Gasteiger partial charge in [-0.2, -0.15) is 0 Å². The van der Waals surface area contributed by atoms with E-state index in [4.69, 9.17) is 9.16 Å². The van der Waals surface area contributed by atoms with Crippen LogP contribution in [0.2, 0.25) is 0 Å². The van der Waals surface area contributed by atoms with Crippen molar-refractivity contribution < 1.29 is 9.16 Å². The first-order valence-corrected chi connectivity index (χ1v) is 7.44. The van der Waals surface area contributed by atoms with Gasteiger partial charge in [0, 0.05) is 6.61 Å². The predicted molar refractivity (Wildman–Crippen MR) is 81.2 cm³/mol. The highest BCUT2D eigenvalue weighted by Gasteiger charge is 2.13. The van der Waals surface area contributed by atoms with Crippen LogP contribution >= 0.6 is 0 Å². The Bertz CT molecular complexity index is 419. The molecule has 0 saturated heterocycles. The van der Waals surface area contributed by atoms with Gasteiger partial charge in [-0.05, 0) is 17.5 Å². The van der Waals surface area contributed by atoms with E-state index < -0.39 is 0 Å². The van der Waals surface area contributed by atoms with E-state index in [2.05, 4.69) is 48.5 Å². The molecule has 19 heavy (non-hydrogen) atoms. The molecular weight excluding hydrogens is 252 g/mol. The monoisotopic (exact) mass is 272 g/mol. The lowest BCUT2D eigenvalue weighted by molar-refractivity contribution is 0.0711. The molecule has 0 unspecified atom stereocenters. The Morgan fingerprint density at radius 3 is 1.79 bits per heavy atom. The summed E-state index contributed by atoms with van der Waals surface area (Å²) in [6, 6.07) is 20.7. The molecule has 0 saturated carbocycles. The molecule has 2 aromatic rings. The summed E-state index contributed by atoms with van der Waals surface area (Å²) in [5.41, 5.74) is 2.39. The second kappa shape index (κ2) is 7.89. The van der Waals surface area contributed by atoms with E-state index in [0.717, 1.165) is 30.1 Å². The Kier molecular flexibility index (Phi) is 5.81. The normalized spacial score (nSPS) is 11.0. The lowest BCUT2D eigenvalue weighted by Crippen LogP contribution is -2.08. The molecule has 0 atom stereocenters. The van der Waals surface area contributed by atoms with Crippen LogP contribution in [-0.4, -0.2) is 23.7 Å². The van der Waals surface area contributed by atoms with E-state index >= 15 is 0 Å². The zero-order chi connectivity index (χ0) is 13.3. The van der Waals surface area contributed by atoms with Crippen LogP contribution in [0, 0.1) is 0 Å². The standard InChI is InChI=1S/C16H20O2Si/c19-18-13-7-12-17-16(14-8-3-1-4-9-14)15-10-5-2-6-11-15/h1-6,8-11,16H,7,12-13H2,19H3. The Morgan fingerprint density at radius 1 is 0.789 bits per heavy atom. The Labute approximate surface area is 117 Å². The molecule has 2 rings (SSSR count). The van der Waals surface area contributed by atoms with Gasteiger partial charge in [0.15, 0.2) is 0 Å². The van der Waals surface area contributed by atoms with Crippen molar-refractivity contribution in [2.24, 2.45) is 0 Å². The van der Waals surface area contributed by atoms with E-state index in [1.165, 1.54) is 11.1 Å². The zero-order valence-electron chi connectivity index (χ0n) is 11.3. The molecule has 0 fully saturated rings. The maximum absolute atomic E-state index is 6.05.